The van der Waals surface area contributed by atoms with Crippen LogP contribution in [0.4, 0.5) is 0 Å². The number of imidazole rings is 1. The summed E-state index contributed by atoms with van der Waals surface area (Å²) in [4.78, 5) is 26.1. The Labute approximate surface area is 97.7 Å². The number of rotatable bonds is 4. The van der Waals surface area contributed by atoms with Crippen molar-refractivity contribution in [1.29, 1.82) is 0 Å². The minimum absolute atomic E-state index is 0.0934. The summed E-state index contributed by atoms with van der Waals surface area (Å²) >= 11 is 0. The molecule has 2 heterocycles. The molecule has 0 amide bonds. The average Bonchev–Trinajstić information content (AvgIpc) is 2.73. The van der Waals surface area contributed by atoms with Crippen LogP contribution in [0.2, 0.25) is 0 Å². The molecule has 0 saturated carbocycles. The lowest BCUT2D eigenvalue weighted by Crippen LogP contribution is -2.33. The molecule has 0 aliphatic rings. The number of pyridine rings is 1. The Kier molecular flexibility index (Phi) is 2.67. The Morgan fingerprint density at radius 1 is 1.59 bits per heavy atom. The van der Waals surface area contributed by atoms with E-state index < -0.39 is 11.4 Å². The van der Waals surface area contributed by atoms with Gasteiger partial charge in [-0.25, -0.2) is 4.98 Å². The first-order valence-electron chi connectivity index (χ1n) is 5.19. The van der Waals surface area contributed by atoms with Crippen molar-refractivity contribution >= 4 is 17.8 Å². The fraction of sp³-hybridized carbons (Fsp3) is 0.250. The first kappa shape index (κ1) is 11.3. The van der Waals surface area contributed by atoms with Gasteiger partial charge >= 0.3 is 5.97 Å². The molecule has 0 saturated heterocycles. The third-order valence-corrected chi connectivity index (χ3v) is 2.93. The first-order valence-corrected chi connectivity index (χ1v) is 5.19. The van der Waals surface area contributed by atoms with Gasteiger partial charge in [-0.1, -0.05) is 6.07 Å². The van der Waals surface area contributed by atoms with Gasteiger partial charge in [-0.3, -0.25) is 4.79 Å². The summed E-state index contributed by atoms with van der Waals surface area (Å²) in [6.07, 6.45) is 3.86. The van der Waals surface area contributed by atoms with Gasteiger partial charge in [0, 0.05) is 12.6 Å². The predicted octanol–water partition coefficient (Wildman–Crippen LogP) is 1.27. The molecule has 0 bridgehead atoms. The number of carbonyl (C=O) groups is 2. The minimum Gasteiger partial charge on any atom is -0.481 e. The molecule has 0 aliphatic carbocycles. The third kappa shape index (κ3) is 1.69. The zero-order chi connectivity index (χ0) is 12.5. The summed E-state index contributed by atoms with van der Waals surface area (Å²) in [7, 11) is 0. The van der Waals surface area contributed by atoms with E-state index in [0.29, 0.717) is 17.5 Å². The molecule has 5 heteroatoms. The van der Waals surface area contributed by atoms with Crippen LogP contribution in [0, 0.1) is 0 Å². The van der Waals surface area contributed by atoms with E-state index in [2.05, 4.69) is 4.98 Å². The molecule has 2 aromatic heterocycles. The standard InChI is InChI=1S/C12H12N2O3/c1-12(5-7-15,11(16)17)10-9-4-2-3-6-14(9)8-13-10/h2-4,6-8H,5H2,1H3,(H,16,17). The van der Waals surface area contributed by atoms with Crippen LogP contribution in [0.15, 0.2) is 30.7 Å². The van der Waals surface area contributed by atoms with Crippen LogP contribution in [0.25, 0.3) is 5.52 Å². The molecular formula is C12H12N2O3. The number of carboxylic acids is 1. The van der Waals surface area contributed by atoms with Crippen LogP contribution in [0.1, 0.15) is 19.0 Å². The van der Waals surface area contributed by atoms with Gasteiger partial charge in [-0.15, -0.1) is 0 Å². The van der Waals surface area contributed by atoms with E-state index >= 15 is 0 Å². The minimum atomic E-state index is -1.28. The Morgan fingerprint density at radius 2 is 2.35 bits per heavy atom. The summed E-state index contributed by atoms with van der Waals surface area (Å²) < 4.78 is 1.74. The second kappa shape index (κ2) is 4.01. The zero-order valence-electron chi connectivity index (χ0n) is 9.33. The Hall–Kier alpha value is -2.17. The molecular weight excluding hydrogens is 220 g/mol. The fourth-order valence-electron chi connectivity index (χ4n) is 1.82. The molecule has 1 unspecified atom stereocenters. The highest BCUT2D eigenvalue weighted by Crippen LogP contribution is 2.29. The summed E-state index contributed by atoms with van der Waals surface area (Å²) in [5, 5.41) is 9.29. The van der Waals surface area contributed by atoms with E-state index in [-0.39, 0.29) is 6.42 Å². The third-order valence-electron chi connectivity index (χ3n) is 2.93. The van der Waals surface area contributed by atoms with E-state index in [1.54, 1.807) is 23.0 Å². The van der Waals surface area contributed by atoms with Crippen molar-refractivity contribution in [3.8, 4) is 0 Å². The topological polar surface area (TPSA) is 71.7 Å². The normalized spacial score (nSPS) is 14.4. The highest BCUT2D eigenvalue weighted by molar-refractivity contribution is 5.86. The van der Waals surface area contributed by atoms with E-state index in [0.717, 1.165) is 0 Å². The van der Waals surface area contributed by atoms with Gasteiger partial charge in [-0.05, 0) is 19.1 Å². The number of carbonyl (C=O) groups excluding carboxylic acids is 1. The van der Waals surface area contributed by atoms with Crippen molar-refractivity contribution in [1.82, 2.24) is 9.38 Å². The number of hydrogen-bond donors (Lipinski definition) is 1. The molecule has 0 radical (unpaired) electrons. The van der Waals surface area contributed by atoms with Gasteiger partial charge in [0.05, 0.1) is 17.5 Å². The van der Waals surface area contributed by atoms with Crippen molar-refractivity contribution in [2.45, 2.75) is 18.8 Å². The van der Waals surface area contributed by atoms with Crippen LogP contribution in [0.3, 0.4) is 0 Å². The van der Waals surface area contributed by atoms with Gasteiger partial charge in [0.15, 0.2) is 0 Å². The molecule has 5 nitrogen and oxygen atoms in total. The van der Waals surface area contributed by atoms with Crippen LogP contribution in [0.5, 0.6) is 0 Å². The van der Waals surface area contributed by atoms with E-state index in [1.165, 1.54) is 6.92 Å². The molecule has 17 heavy (non-hydrogen) atoms. The quantitative estimate of drug-likeness (QED) is 0.805. The first-order chi connectivity index (χ1) is 8.09. The molecule has 88 valence electrons. The lowest BCUT2D eigenvalue weighted by Gasteiger charge is -2.20. The number of aldehydes is 1. The molecule has 1 N–H and O–H groups in total. The van der Waals surface area contributed by atoms with Gasteiger partial charge in [0.2, 0.25) is 0 Å². The van der Waals surface area contributed by atoms with Crippen LogP contribution in [-0.4, -0.2) is 26.7 Å². The number of carboxylic acid groups (broad SMARTS) is 1. The zero-order valence-corrected chi connectivity index (χ0v) is 9.33. The highest BCUT2D eigenvalue weighted by Gasteiger charge is 2.38. The summed E-state index contributed by atoms with van der Waals surface area (Å²) in [6, 6.07) is 5.42. The maximum absolute atomic E-state index is 11.3. The van der Waals surface area contributed by atoms with Crippen LogP contribution < -0.4 is 0 Å². The van der Waals surface area contributed by atoms with Gasteiger partial charge < -0.3 is 14.3 Å². The predicted molar refractivity (Wildman–Crippen MR) is 60.9 cm³/mol. The highest BCUT2D eigenvalue weighted by atomic mass is 16.4. The summed E-state index contributed by atoms with van der Waals surface area (Å²) in [5.74, 6) is -1.05. The van der Waals surface area contributed by atoms with Gasteiger partial charge in [0.1, 0.15) is 11.7 Å². The number of aromatic nitrogens is 2. The fourth-order valence-corrected chi connectivity index (χ4v) is 1.82. The molecule has 0 spiro atoms. The monoisotopic (exact) mass is 232 g/mol. The molecule has 0 aliphatic heterocycles. The average molecular weight is 232 g/mol. The van der Waals surface area contributed by atoms with E-state index in [4.69, 9.17) is 0 Å². The Bertz CT molecular complexity index is 576. The molecule has 2 rings (SSSR count). The van der Waals surface area contributed by atoms with Crippen molar-refractivity contribution in [3.63, 3.8) is 0 Å². The lowest BCUT2D eigenvalue weighted by molar-refractivity contribution is -0.144. The maximum Gasteiger partial charge on any atom is 0.315 e. The summed E-state index contributed by atoms with van der Waals surface area (Å²) in [5.41, 5.74) is -0.158. The molecule has 2 aromatic rings. The smallest absolute Gasteiger partial charge is 0.315 e. The van der Waals surface area contributed by atoms with Crippen molar-refractivity contribution < 1.29 is 14.7 Å². The van der Waals surface area contributed by atoms with Gasteiger partial charge in [-0.2, -0.15) is 0 Å². The van der Waals surface area contributed by atoms with Crippen molar-refractivity contribution in [3.05, 3.63) is 36.4 Å². The number of fused-ring (bicyclic) bond motifs is 1. The Morgan fingerprint density at radius 3 is 3.00 bits per heavy atom. The molecule has 1 atom stereocenters. The SMILES string of the molecule is CC(CC=O)(C(=O)O)c1ncn2ccccc12. The number of nitrogens with zero attached hydrogens (tertiary/aromatic N) is 2. The molecule has 0 fully saturated rings. The van der Waals surface area contributed by atoms with E-state index in [9.17, 15) is 14.7 Å². The van der Waals surface area contributed by atoms with Crippen LogP contribution >= 0.6 is 0 Å². The molecule has 0 aromatic carbocycles. The van der Waals surface area contributed by atoms with Gasteiger partial charge in [0.25, 0.3) is 0 Å². The number of aliphatic carboxylic acids is 1. The van der Waals surface area contributed by atoms with E-state index in [1.807, 2.05) is 12.1 Å². The lowest BCUT2D eigenvalue weighted by atomic mass is 9.83. The second-order valence-electron chi connectivity index (χ2n) is 4.09. The van der Waals surface area contributed by atoms with Crippen molar-refractivity contribution in [2.75, 3.05) is 0 Å². The van der Waals surface area contributed by atoms with Crippen molar-refractivity contribution in [2.24, 2.45) is 0 Å². The van der Waals surface area contributed by atoms with Crippen LogP contribution in [-0.2, 0) is 15.0 Å². The maximum atomic E-state index is 11.3. The summed E-state index contributed by atoms with van der Waals surface area (Å²) in [6.45, 7) is 1.51. The Balaban J connectivity index is 2.64. The largest absolute Gasteiger partial charge is 0.481 e. The number of hydrogen-bond acceptors (Lipinski definition) is 3. The second-order valence-corrected chi connectivity index (χ2v) is 4.09.